The van der Waals surface area contributed by atoms with Crippen molar-refractivity contribution in [3.8, 4) is 6.07 Å². The number of carbonyl (C=O) groups is 1. The molecule has 0 spiro atoms. The lowest BCUT2D eigenvalue weighted by molar-refractivity contribution is -0.138. The summed E-state index contributed by atoms with van der Waals surface area (Å²) in [4.78, 5) is 20.4. The van der Waals surface area contributed by atoms with E-state index in [0.717, 1.165) is 18.7 Å². The highest BCUT2D eigenvalue weighted by Crippen LogP contribution is 2.35. The Morgan fingerprint density at radius 1 is 1.37 bits per heavy atom. The molecule has 3 rings (SSSR count). The van der Waals surface area contributed by atoms with E-state index < -0.39 is 34.5 Å². The summed E-state index contributed by atoms with van der Waals surface area (Å²) in [6.07, 6.45) is -4.02. The number of hydrogen-bond acceptors (Lipinski definition) is 5. The van der Waals surface area contributed by atoms with Crippen LogP contribution in [-0.4, -0.2) is 23.9 Å². The van der Waals surface area contributed by atoms with Crippen molar-refractivity contribution in [2.45, 2.75) is 19.6 Å². The second kappa shape index (κ2) is 6.72. The number of halogens is 3. The molecule has 0 atom stereocenters. The number of nitrogens with zero attached hydrogens (tertiary/aromatic N) is 3. The van der Waals surface area contributed by atoms with Crippen molar-refractivity contribution >= 4 is 17.5 Å². The second-order valence-electron chi connectivity index (χ2n) is 5.78. The van der Waals surface area contributed by atoms with Crippen LogP contribution < -0.4 is 5.32 Å². The monoisotopic (exact) mass is 374 g/mol. The quantitative estimate of drug-likeness (QED) is 0.872. The van der Waals surface area contributed by atoms with Gasteiger partial charge in [0.25, 0.3) is 5.91 Å². The van der Waals surface area contributed by atoms with Gasteiger partial charge in [-0.2, -0.15) is 18.4 Å². The van der Waals surface area contributed by atoms with Crippen molar-refractivity contribution in [3.05, 3.63) is 57.9 Å². The van der Waals surface area contributed by atoms with Gasteiger partial charge < -0.3 is 10.1 Å². The topological polar surface area (TPSA) is 87.4 Å². The lowest BCUT2D eigenvalue weighted by Gasteiger charge is -2.15. The third kappa shape index (κ3) is 3.33. The van der Waals surface area contributed by atoms with Crippen LogP contribution in [0.15, 0.2) is 29.4 Å². The summed E-state index contributed by atoms with van der Waals surface area (Å²) < 4.78 is 44.9. The summed E-state index contributed by atoms with van der Waals surface area (Å²) in [7, 11) is 1.47. The number of carbonyl (C=O) groups excluding carboxylic acids is 1. The zero-order valence-electron chi connectivity index (χ0n) is 14.3. The summed E-state index contributed by atoms with van der Waals surface area (Å²) in [6.45, 7) is 1.57. The van der Waals surface area contributed by atoms with Crippen molar-refractivity contribution in [2.24, 2.45) is 4.99 Å². The van der Waals surface area contributed by atoms with Gasteiger partial charge in [-0.3, -0.25) is 4.79 Å². The Bertz CT molecular complexity index is 1010. The highest BCUT2D eigenvalue weighted by molar-refractivity contribution is 6.05. The number of aliphatic imine (C=N–C) groups is 1. The van der Waals surface area contributed by atoms with E-state index in [9.17, 15) is 18.0 Å². The van der Waals surface area contributed by atoms with Crippen LogP contribution in [0.3, 0.4) is 0 Å². The minimum Gasteiger partial charge on any atom is -0.481 e. The second-order valence-corrected chi connectivity index (χ2v) is 5.78. The molecular formula is C18H13F3N4O2. The first kappa shape index (κ1) is 18.4. The standard InChI is InChI=1S/C18H13F3N4O2/c1-9-14(18(19,20)21)11(6-22)8-23-15(9)16(26)25-12-4-3-10-7-24-17(27-2)13(10)5-12/h3-5,8H,7H2,1-2H3,(H,25,26). The summed E-state index contributed by atoms with van der Waals surface area (Å²) in [5.74, 6) is -0.385. The maximum atomic E-state index is 13.3. The number of ether oxygens (including phenoxy) is 1. The van der Waals surface area contributed by atoms with Crippen molar-refractivity contribution < 1.29 is 22.7 Å². The molecule has 138 valence electrons. The van der Waals surface area contributed by atoms with Gasteiger partial charge in [-0.05, 0) is 30.2 Å². The maximum absolute atomic E-state index is 13.3. The molecule has 1 aromatic carbocycles. The van der Waals surface area contributed by atoms with Gasteiger partial charge in [0, 0.05) is 17.4 Å². The number of nitriles is 1. The first-order chi connectivity index (χ1) is 12.8. The Morgan fingerprint density at radius 3 is 2.74 bits per heavy atom. The van der Waals surface area contributed by atoms with E-state index in [0.29, 0.717) is 23.7 Å². The van der Waals surface area contributed by atoms with E-state index in [2.05, 4.69) is 15.3 Å². The smallest absolute Gasteiger partial charge is 0.418 e. The predicted octanol–water partition coefficient (Wildman–Crippen LogP) is 3.44. The number of benzene rings is 1. The number of pyridine rings is 1. The fourth-order valence-corrected chi connectivity index (χ4v) is 2.89. The van der Waals surface area contributed by atoms with Crippen LogP contribution in [0.25, 0.3) is 0 Å². The minimum absolute atomic E-state index is 0.365. The molecule has 0 unspecified atom stereocenters. The molecule has 0 radical (unpaired) electrons. The highest BCUT2D eigenvalue weighted by Gasteiger charge is 2.37. The van der Waals surface area contributed by atoms with Crippen LogP contribution in [-0.2, 0) is 17.5 Å². The number of nitrogens with one attached hydrogen (secondary N) is 1. The molecule has 2 aromatic rings. The van der Waals surface area contributed by atoms with Crippen molar-refractivity contribution in [2.75, 3.05) is 12.4 Å². The zero-order chi connectivity index (χ0) is 19.8. The molecule has 1 aliphatic heterocycles. The Morgan fingerprint density at radius 2 is 2.11 bits per heavy atom. The Hall–Kier alpha value is -3.41. The number of amides is 1. The van der Waals surface area contributed by atoms with E-state index in [1.807, 2.05) is 0 Å². The molecule has 9 heteroatoms. The maximum Gasteiger partial charge on any atom is 0.418 e. The molecule has 27 heavy (non-hydrogen) atoms. The van der Waals surface area contributed by atoms with Crippen LogP contribution in [0.5, 0.6) is 0 Å². The molecule has 1 aliphatic rings. The van der Waals surface area contributed by atoms with Crippen LogP contribution in [0.1, 0.15) is 38.3 Å². The van der Waals surface area contributed by atoms with Crippen LogP contribution in [0.4, 0.5) is 18.9 Å². The molecule has 0 aliphatic carbocycles. The van der Waals surface area contributed by atoms with E-state index in [-0.39, 0.29) is 0 Å². The largest absolute Gasteiger partial charge is 0.481 e. The Kier molecular flexibility index (Phi) is 4.57. The van der Waals surface area contributed by atoms with Gasteiger partial charge in [0.2, 0.25) is 5.90 Å². The molecule has 2 heterocycles. The van der Waals surface area contributed by atoms with Gasteiger partial charge >= 0.3 is 6.18 Å². The third-order valence-corrected chi connectivity index (χ3v) is 4.13. The lowest BCUT2D eigenvalue weighted by Crippen LogP contribution is -2.20. The number of hydrogen-bond donors (Lipinski definition) is 1. The molecule has 1 amide bonds. The summed E-state index contributed by atoms with van der Waals surface area (Å²) in [5.41, 5.74) is -0.609. The minimum atomic E-state index is -4.77. The van der Waals surface area contributed by atoms with Crippen LogP contribution >= 0.6 is 0 Å². The van der Waals surface area contributed by atoms with Crippen LogP contribution in [0.2, 0.25) is 0 Å². The number of rotatable bonds is 2. The predicted molar refractivity (Wildman–Crippen MR) is 90.3 cm³/mol. The van der Waals surface area contributed by atoms with Gasteiger partial charge in [-0.15, -0.1) is 0 Å². The lowest BCUT2D eigenvalue weighted by atomic mass is 10.0. The fourth-order valence-electron chi connectivity index (χ4n) is 2.89. The van der Waals surface area contributed by atoms with Crippen molar-refractivity contribution in [1.29, 1.82) is 5.26 Å². The average Bonchev–Trinajstić information content (AvgIpc) is 3.02. The number of anilines is 1. The summed E-state index contributed by atoms with van der Waals surface area (Å²) >= 11 is 0. The highest BCUT2D eigenvalue weighted by atomic mass is 19.4. The van der Waals surface area contributed by atoms with E-state index in [4.69, 9.17) is 10.00 Å². The number of alkyl halides is 3. The Balaban J connectivity index is 1.94. The summed E-state index contributed by atoms with van der Waals surface area (Å²) in [6, 6.07) is 6.46. The molecule has 1 aromatic heterocycles. The SMILES string of the molecule is COC1=NCc2ccc(NC(=O)c3ncc(C#N)c(C(F)(F)F)c3C)cc21. The van der Waals surface area contributed by atoms with Gasteiger partial charge in [-0.1, -0.05) is 6.07 Å². The van der Waals surface area contributed by atoms with E-state index in [1.54, 1.807) is 18.2 Å². The number of fused-ring (bicyclic) bond motifs is 1. The number of aromatic nitrogens is 1. The van der Waals surface area contributed by atoms with Gasteiger partial charge in [0.05, 0.1) is 24.8 Å². The molecule has 0 saturated heterocycles. The van der Waals surface area contributed by atoms with Crippen molar-refractivity contribution in [1.82, 2.24) is 4.98 Å². The van der Waals surface area contributed by atoms with Crippen LogP contribution in [0, 0.1) is 18.3 Å². The van der Waals surface area contributed by atoms with Gasteiger partial charge in [-0.25, -0.2) is 9.98 Å². The first-order valence-electron chi connectivity index (χ1n) is 7.76. The van der Waals surface area contributed by atoms with Gasteiger partial charge in [0.1, 0.15) is 11.8 Å². The van der Waals surface area contributed by atoms with Crippen molar-refractivity contribution in [3.63, 3.8) is 0 Å². The molecule has 0 saturated carbocycles. The molecule has 0 bridgehead atoms. The number of methoxy groups -OCH3 is 1. The molecule has 1 N–H and O–H groups in total. The average molecular weight is 374 g/mol. The molecule has 0 fully saturated rings. The zero-order valence-corrected chi connectivity index (χ0v) is 14.3. The Labute approximate surface area is 152 Å². The van der Waals surface area contributed by atoms with Gasteiger partial charge in [0.15, 0.2) is 0 Å². The van der Waals surface area contributed by atoms with E-state index >= 15 is 0 Å². The molecular weight excluding hydrogens is 361 g/mol. The molecule has 6 nitrogen and oxygen atoms in total. The third-order valence-electron chi connectivity index (χ3n) is 4.13. The normalized spacial score (nSPS) is 12.8. The van der Waals surface area contributed by atoms with E-state index in [1.165, 1.54) is 13.2 Å². The fraction of sp³-hybridized carbons (Fsp3) is 0.222. The first-order valence-corrected chi connectivity index (χ1v) is 7.76. The summed E-state index contributed by atoms with van der Waals surface area (Å²) in [5, 5.41) is 11.4.